The van der Waals surface area contributed by atoms with Crippen LogP contribution in [0.15, 0.2) is 42.5 Å². The molecule has 0 aromatic heterocycles. The number of hydrogen-bond acceptors (Lipinski definition) is 4. The van der Waals surface area contributed by atoms with E-state index >= 15 is 0 Å². The molecule has 0 radical (unpaired) electrons. The van der Waals surface area contributed by atoms with Crippen LogP contribution in [0.25, 0.3) is 0 Å². The zero-order chi connectivity index (χ0) is 20.8. The molecule has 3 rings (SSSR count). The van der Waals surface area contributed by atoms with Gasteiger partial charge in [-0.1, -0.05) is 18.2 Å². The van der Waals surface area contributed by atoms with Gasteiger partial charge in [-0.25, -0.2) is 8.78 Å². The van der Waals surface area contributed by atoms with Gasteiger partial charge >= 0.3 is 0 Å². The van der Waals surface area contributed by atoms with E-state index in [1.54, 1.807) is 43.3 Å². The summed E-state index contributed by atoms with van der Waals surface area (Å²) < 4.78 is 32.7. The molecule has 0 saturated carbocycles. The molecule has 0 bridgehead atoms. The Bertz CT molecular complexity index is 839. The van der Waals surface area contributed by atoms with Gasteiger partial charge in [0.15, 0.2) is 0 Å². The van der Waals surface area contributed by atoms with Crippen LogP contribution in [0.3, 0.4) is 0 Å². The molecule has 0 aliphatic carbocycles. The van der Waals surface area contributed by atoms with E-state index in [0.29, 0.717) is 24.4 Å². The van der Waals surface area contributed by atoms with Crippen LogP contribution >= 0.6 is 0 Å². The van der Waals surface area contributed by atoms with Crippen LogP contribution in [-0.4, -0.2) is 67.5 Å². The number of ether oxygens (including phenoxy) is 1. The quantitative estimate of drug-likeness (QED) is 0.712. The smallest absolute Gasteiger partial charge is 0.236 e. The van der Waals surface area contributed by atoms with Crippen LogP contribution in [-0.2, 0) is 17.9 Å². The molecule has 156 valence electrons. The van der Waals surface area contributed by atoms with Crippen LogP contribution in [0, 0.1) is 11.6 Å². The summed E-state index contributed by atoms with van der Waals surface area (Å²) in [5.41, 5.74) is 1.33. The second kappa shape index (κ2) is 9.80. The fourth-order valence-electron chi connectivity index (χ4n) is 3.50. The Morgan fingerprint density at radius 2 is 1.72 bits per heavy atom. The van der Waals surface area contributed by atoms with Crippen molar-refractivity contribution in [2.75, 3.05) is 46.9 Å². The van der Waals surface area contributed by atoms with E-state index < -0.39 is 0 Å². The summed E-state index contributed by atoms with van der Waals surface area (Å²) in [6, 6.07) is 11.0. The Balaban J connectivity index is 1.47. The number of nitrogens with zero attached hydrogens (tertiary/aromatic N) is 3. The summed E-state index contributed by atoms with van der Waals surface area (Å²) in [5.74, 6) is 0.0729. The number of rotatable bonds is 7. The third-order valence-electron chi connectivity index (χ3n) is 5.25. The lowest BCUT2D eigenvalue weighted by Crippen LogP contribution is -2.49. The van der Waals surface area contributed by atoms with Crippen LogP contribution in [0.1, 0.15) is 11.1 Å². The minimum atomic E-state index is -0.298. The molecule has 0 N–H and O–H groups in total. The van der Waals surface area contributed by atoms with Gasteiger partial charge in [0.1, 0.15) is 17.4 Å². The molecule has 7 heteroatoms. The van der Waals surface area contributed by atoms with E-state index in [2.05, 4.69) is 9.80 Å². The van der Waals surface area contributed by atoms with Gasteiger partial charge in [-0.3, -0.25) is 14.6 Å². The van der Waals surface area contributed by atoms with Crippen molar-refractivity contribution in [3.8, 4) is 5.75 Å². The number of benzene rings is 2. The topological polar surface area (TPSA) is 36.0 Å². The van der Waals surface area contributed by atoms with Crippen molar-refractivity contribution >= 4 is 5.91 Å². The van der Waals surface area contributed by atoms with Crippen molar-refractivity contribution in [3.05, 3.63) is 65.2 Å². The maximum atomic E-state index is 13.8. The van der Waals surface area contributed by atoms with Crippen molar-refractivity contribution in [1.82, 2.24) is 14.7 Å². The molecule has 1 aliphatic rings. The monoisotopic (exact) mass is 403 g/mol. The van der Waals surface area contributed by atoms with Gasteiger partial charge in [0.2, 0.25) is 5.91 Å². The SMILES string of the molecule is COc1ccc(F)cc1CN1CCN(CC(=O)N(C)Cc2ccccc2F)CC1. The van der Waals surface area contributed by atoms with E-state index in [4.69, 9.17) is 4.74 Å². The summed E-state index contributed by atoms with van der Waals surface area (Å²) in [6.45, 7) is 4.23. The summed E-state index contributed by atoms with van der Waals surface area (Å²) in [5, 5.41) is 0. The van der Waals surface area contributed by atoms with E-state index in [9.17, 15) is 13.6 Å². The maximum absolute atomic E-state index is 13.8. The Labute approximate surface area is 170 Å². The fraction of sp³-hybridized carbons (Fsp3) is 0.409. The molecule has 2 aromatic carbocycles. The van der Waals surface area contributed by atoms with Crippen LogP contribution < -0.4 is 4.74 Å². The minimum absolute atomic E-state index is 0.0338. The largest absolute Gasteiger partial charge is 0.496 e. The summed E-state index contributed by atoms with van der Waals surface area (Å²) >= 11 is 0. The highest BCUT2D eigenvalue weighted by molar-refractivity contribution is 5.78. The molecule has 1 aliphatic heterocycles. The molecule has 2 aromatic rings. The Kier molecular flexibility index (Phi) is 7.17. The zero-order valence-electron chi connectivity index (χ0n) is 16.9. The number of methoxy groups -OCH3 is 1. The average molecular weight is 403 g/mol. The number of carbonyl (C=O) groups is 1. The molecule has 1 saturated heterocycles. The van der Waals surface area contributed by atoms with Gasteiger partial charge < -0.3 is 9.64 Å². The first kappa shape index (κ1) is 21.2. The van der Waals surface area contributed by atoms with E-state index in [1.165, 1.54) is 18.2 Å². The predicted octanol–water partition coefficient (Wildman–Crippen LogP) is 2.75. The average Bonchev–Trinajstić information content (AvgIpc) is 2.71. The van der Waals surface area contributed by atoms with Gasteiger partial charge in [0, 0.05) is 57.4 Å². The van der Waals surface area contributed by atoms with Crippen LogP contribution in [0.2, 0.25) is 0 Å². The Hall–Kier alpha value is -2.51. The first-order chi connectivity index (χ1) is 14.0. The lowest BCUT2D eigenvalue weighted by molar-refractivity contribution is -0.132. The van der Waals surface area contributed by atoms with Crippen LogP contribution in [0.4, 0.5) is 8.78 Å². The Morgan fingerprint density at radius 1 is 1.03 bits per heavy atom. The van der Waals surface area contributed by atoms with Gasteiger partial charge in [-0.15, -0.1) is 0 Å². The summed E-state index contributed by atoms with van der Waals surface area (Å²) in [4.78, 5) is 18.4. The number of carbonyl (C=O) groups excluding carboxylic acids is 1. The molecule has 1 fully saturated rings. The second-order valence-corrected chi connectivity index (χ2v) is 7.35. The highest BCUT2D eigenvalue weighted by Gasteiger charge is 2.22. The lowest BCUT2D eigenvalue weighted by Gasteiger charge is -2.35. The molecule has 0 unspecified atom stereocenters. The van der Waals surface area contributed by atoms with Gasteiger partial charge in [-0.05, 0) is 24.3 Å². The molecule has 1 amide bonds. The van der Waals surface area contributed by atoms with Gasteiger partial charge in [-0.2, -0.15) is 0 Å². The molecule has 0 atom stereocenters. The molecule has 0 spiro atoms. The predicted molar refractivity (Wildman–Crippen MR) is 108 cm³/mol. The van der Waals surface area contributed by atoms with Crippen molar-refractivity contribution < 1.29 is 18.3 Å². The van der Waals surface area contributed by atoms with Crippen LogP contribution in [0.5, 0.6) is 5.75 Å². The number of likely N-dealkylation sites (N-methyl/N-ethyl adjacent to an activating group) is 1. The molecule has 29 heavy (non-hydrogen) atoms. The van der Waals surface area contributed by atoms with Gasteiger partial charge in [0.25, 0.3) is 0 Å². The van der Waals surface area contributed by atoms with E-state index in [0.717, 1.165) is 31.7 Å². The van der Waals surface area contributed by atoms with Crippen molar-refractivity contribution in [1.29, 1.82) is 0 Å². The first-order valence-electron chi connectivity index (χ1n) is 9.70. The first-order valence-corrected chi connectivity index (χ1v) is 9.70. The number of halogens is 2. The standard InChI is InChI=1S/C22H27F2N3O2/c1-25(14-17-5-3-4-6-20(17)24)22(28)16-27-11-9-26(10-12-27)15-18-13-19(23)7-8-21(18)29-2/h3-8,13H,9-12,14-16H2,1-2H3. The molecular weight excluding hydrogens is 376 g/mol. The third kappa shape index (κ3) is 5.74. The highest BCUT2D eigenvalue weighted by atomic mass is 19.1. The van der Waals surface area contributed by atoms with Crippen molar-refractivity contribution in [3.63, 3.8) is 0 Å². The molecular formula is C22H27F2N3O2. The van der Waals surface area contributed by atoms with Gasteiger partial charge in [0.05, 0.1) is 13.7 Å². The molecule has 1 heterocycles. The van der Waals surface area contributed by atoms with Crippen molar-refractivity contribution in [2.45, 2.75) is 13.1 Å². The number of amides is 1. The number of hydrogen-bond donors (Lipinski definition) is 0. The van der Waals surface area contributed by atoms with E-state index in [-0.39, 0.29) is 24.1 Å². The zero-order valence-corrected chi connectivity index (χ0v) is 16.9. The number of piperazine rings is 1. The second-order valence-electron chi connectivity index (χ2n) is 7.35. The normalized spacial score (nSPS) is 15.3. The third-order valence-corrected chi connectivity index (χ3v) is 5.25. The maximum Gasteiger partial charge on any atom is 0.236 e. The van der Waals surface area contributed by atoms with E-state index in [1.807, 2.05) is 0 Å². The fourth-order valence-corrected chi connectivity index (χ4v) is 3.50. The van der Waals surface area contributed by atoms with Crippen molar-refractivity contribution in [2.24, 2.45) is 0 Å². The summed E-state index contributed by atoms with van der Waals surface area (Å²) in [7, 11) is 3.28. The Morgan fingerprint density at radius 3 is 2.41 bits per heavy atom. The minimum Gasteiger partial charge on any atom is -0.496 e. The summed E-state index contributed by atoms with van der Waals surface area (Å²) in [6.07, 6.45) is 0. The lowest BCUT2D eigenvalue weighted by atomic mass is 10.1. The highest BCUT2D eigenvalue weighted by Crippen LogP contribution is 2.21. The molecule has 5 nitrogen and oxygen atoms in total.